The first-order valence-electron chi connectivity index (χ1n) is 6.50. The lowest BCUT2D eigenvalue weighted by molar-refractivity contribution is 0.317. The van der Waals surface area contributed by atoms with Gasteiger partial charge in [0.05, 0.1) is 26.7 Å². The summed E-state index contributed by atoms with van der Waals surface area (Å²) in [5.74, 6) is -0.131. The third-order valence-electron chi connectivity index (χ3n) is 3.48. The maximum absolute atomic E-state index is 12.8. The number of fused-ring (bicyclic) bond motifs is 2. The molecule has 0 aliphatic rings. The molecule has 0 bridgehead atoms. The Hall–Kier alpha value is -2.89. The van der Waals surface area contributed by atoms with Crippen LogP contribution < -0.4 is 19.6 Å². The van der Waals surface area contributed by atoms with Crippen molar-refractivity contribution < 1.29 is 23.7 Å². The minimum absolute atomic E-state index is 0.0226. The summed E-state index contributed by atoms with van der Waals surface area (Å²) in [5.41, 5.74) is 0.219. The number of para-hydroxylation sites is 1. The second kappa shape index (κ2) is 5.14. The highest BCUT2D eigenvalue weighted by Crippen LogP contribution is 2.49. The van der Waals surface area contributed by atoms with Crippen LogP contribution in [0.2, 0.25) is 0 Å². The molecule has 6 heteroatoms. The summed E-state index contributed by atoms with van der Waals surface area (Å²) in [6, 6.07) is 6.83. The standard InChI is InChI=1S/C16H14O6/c1-19-13-10-11(17)8-6-4-5-7-9(8)22-14(10)16(21-3)12(18)15(13)20-2/h4-7,18H,1-3H3. The number of hydrogen-bond acceptors (Lipinski definition) is 6. The molecule has 1 aromatic heterocycles. The van der Waals surface area contributed by atoms with Crippen LogP contribution in [0.25, 0.3) is 21.9 Å². The maximum atomic E-state index is 12.8. The highest BCUT2D eigenvalue weighted by molar-refractivity contribution is 5.99. The van der Waals surface area contributed by atoms with E-state index in [0.29, 0.717) is 11.0 Å². The van der Waals surface area contributed by atoms with Gasteiger partial charge in [-0.05, 0) is 12.1 Å². The lowest BCUT2D eigenvalue weighted by Gasteiger charge is -2.15. The van der Waals surface area contributed by atoms with Gasteiger partial charge in [-0.15, -0.1) is 0 Å². The van der Waals surface area contributed by atoms with Gasteiger partial charge in [-0.25, -0.2) is 0 Å². The lowest BCUT2D eigenvalue weighted by atomic mass is 10.1. The van der Waals surface area contributed by atoms with Crippen LogP contribution in [0.15, 0.2) is 33.5 Å². The fourth-order valence-corrected chi connectivity index (χ4v) is 2.51. The third-order valence-corrected chi connectivity index (χ3v) is 3.48. The smallest absolute Gasteiger partial charge is 0.208 e. The van der Waals surface area contributed by atoms with Gasteiger partial charge in [0.15, 0.2) is 11.3 Å². The highest BCUT2D eigenvalue weighted by atomic mass is 16.5. The number of benzene rings is 2. The molecule has 0 saturated carbocycles. The van der Waals surface area contributed by atoms with E-state index in [9.17, 15) is 9.90 Å². The largest absolute Gasteiger partial charge is 0.501 e. The SMILES string of the molecule is COc1c(O)c(OC)c2oc3ccccc3c(=O)c2c1OC. The minimum Gasteiger partial charge on any atom is -0.501 e. The normalized spacial score (nSPS) is 10.9. The van der Waals surface area contributed by atoms with Gasteiger partial charge in [0.2, 0.25) is 22.7 Å². The Bertz CT molecular complexity index is 925. The number of aromatic hydroxyl groups is 1. The molecule has 0 amide bonds. The zero-order chi connectivity index (χ0) is 15.9. The molecule has 0 saturated heterocycles. The average molecular weight is 302 g/mol. The zero-order valence-corrected chi connectivity index (χ0v) is 12.3. The van der Waals surface area contributed by atoms with Gasteiger partial charge in [0, 0.05) is 0 Å². The second-order valence-electron chi connectivity index (χ2n) is 4.58. The van der Waals surface area contributed by atoms with Crippen molar-refractivity contribution in [1.29, 1.82) is 0 Å². The monoisotopic (exact) mass is 302 g/mol. The Morgan fingerprint density at radius 2 is 1.59 bits per heavy atom. The van der Waals surface area contributed by atoms with Crippen molar-refractivity contribution in [2.75, 3.05) is 21.3 Å². The van der Waals surface area contributed by atoms with Gasteiger partial charge < -0.3 is 23.7 Å². The zero-order valence-electron chi connectivity index (χ0n) is 12.3. The molecule has 0 spiro atoms. The molecule has 0 unspecified atom stereocenters. The fraction of sp³-hybridized carbons (Fsp3) is 0.188. The van der Waals surface area contributed by atoms with Crippen molar-refractivity contribution in [1.82, 2.24) is 0 Å². The topological polar surface area (TPSA) is 78.1 Å². The molecule has 0 aliphatic carbocycles. The van der Waals surface area contributed by atoms with Gasteiger partial charge in [0.25, 0.3) is 0 Å². The van der Waals surface area contributed by atoms with Gasteiger partial charge in [0.1, 0.15) is 11.0 Å². The number of phenols is 1. The summed E-state index contributed by atoms with van der Waals surface area (Å²) >= 11 is 0. The van der Waals surface area contributed by atoms with Crippen LogP contribution in [0, 0.1) is 0 Å². The summed E-state index contributed by atoms with van der Waals surface area (Å²) in [4.78, 5) is 12.8. The molecular formula is C16H14O6. The van der Waals surface area contributed by atoms with Crippen LogP contribution in [0.3, 0.4) is 0 Å². The van der Waals surface area contributed by atoms with E-state index < -0.39 is 0 Å². The van der Waals surface area contributed by atoms with Crippen molar-refractivity contribution >= 4 is 21.9 Å². The summed E-state index contributed by atoms with van der Waals surface area (Å²) in [5, 5.41) is 10.8. The molecule has 1 heterocycles. The average Bonchev–Trinajstić information content (AvgIpc) is 2.54. The predicted molar refractivity (Wildman–Crippen MR) is 81.3 cm³/mol. The Morgan fingerprint density at radius 3 is 2.23 bits per heavy atom. The number of methoxy groups -OCH3 is 3. The van der Waals surface area contributed by atoms with Crippen LogP contribution in [-0.4, -0.2) is 26.4 Å². The Labute approximate surface area is 125 Å². The number of hydrogen-bond donors (Lipinski definition) is 1. The van der Waals surface area contributed by atoms with Gasteiger partial charge in [-0.2, -0.15) is 0 Å². The van der Waals surface area contributed by atoms with E-state index in [1.807, 2.05) is 0 Å². The molecule has 0 atom stereocenters. The van der Waals surface area contributed by atoms with Crippen molar-refractivity contribution in [3.05, 3.63) is 34.5 Å². The molecule has 114 valence electrons. The Kier molecular flexibility index (Phi) is 3.29. The molecule has 0 aliphatic heterocycles. The quantitative estimate of drug-likeness (QED) is 0.749. The summed E-state index contributed by atoms with van der Waals surface area (Å²) in [6.45, 7) is 0. The predicted octanol–water partition coefficient (Wildman–Crippen LogP) is 2.68. The van der Waals surface area contributed by atoms with Gasteiger partial charge >= 0.3 is 0 Å². The molecule has 3 aromatic rings. The van der Waals surface area contributed by atoms with E-state index in [1.54, 1.807) is 24.3 Å². The Morgan fingerprint density at radius 1 is 0.955 bits per heavy atom. The van der Waals surface area contributed by atoms with Gasteiger partial charge in [-0.3, -0.25) is 4.79 Å². The molecule has 1 N–H and O–H groups in total. The summed E-state index contributed by atoms with van der Waals surface area (Å²) < 4.78 is 21.3. The third kappa shape index (κ3) is 1.77. The van der Waals surface area contributed by atoms with Crippen LogP contribution in [0.1, 0.15) is 0 Å². The number of ether oxygens (including phenoxy) is 3. The molecule has 6 nitrogen and oxygen atoms in total. The summed E-state index contributed by atoms with van der Waals surface area (Å²) in [6.07, 6.45) is 0. The molecule has 0 radical (unpaired) electrons. The van der Waals surface area contributed by atoms with E-state index in [2.05, 4.69) is 0 Å². The van der Waals surface area contributed by atoms with E-state index >= 15 is 0 Å². The van der Waals surface area contributed by atoms with Crippen molar-refractivity contribution in [3.8, 4) is 23.0 Å². The first-order valence-corrected chi connectivity index (χ1v) is 6.50. The van der Waals surface area contributed by atoms with Crippen LogP contribution in [0.4, 0.5) is 0 Å². The van der Waals surface area contributed by atoms with Crippen molar-refractivity contribution in [2.24, 2.45) is 0 Å². The molecule has 3 rings (SSSR count). The van der Waals surface area contributed by atoms with E-state index in [-0.39, 0.29) is 39.4 Å². The first kappa shape index (κ1) is 14.1. The minimum atomic E-state index is -0.287. The van der Waals surface area contributed by atoms with Gasteiger partial charge in [-0.1, -0.05) is 12.1 Å². The number of rotatable bonds is 3. The van der Waals surface area contributed by atoms with Crippen molar-refractivity contribution in [3.63, 3.8) is 0 Å². The Balaban J connectivity index is 2.66. The van der Waals surface area contributed by atoms with Crippen LogP contribution in [-0.2, 0) is 0 Å². The van der Waals surface area contributed by atoms with E-state index in [1.165, 1.54) is 21.3 Å². The first-order chi connectivity index (χ1) is 10.6. The van der Waals surface area contributed by atoms with Crippen LogP contribution >= 0.6 is 0 Å². The molecule has 22 heavy (non-hydrogen) atoms. The molecular weight excluding hydrogens is 288 g/mol. The molecule has 0 fully saturated rings. The highest BCUT2D eigenvalue weighted by Gasteiger charge is 2.26. The second-order valence-corrected chi connectivity index (χ2v) is 4.58. The lowest BCUT2D eigenvalue weighted by Crippen LogP contribution is -2.06. The summed E-state index contributed by atoms with van der Waals surface area (Å²) in [7, 11) is 4.12. The van der Waals surface area contributed by atoms with E-state index in [0.717, 1.165) is 0 Å². The van der Waals surface area contributed by atoms with E-state index in [4.69, 9.17) is 18.6 Å². The van der Waals surface area contributed by atoms with Crippen molar-refractivity contribution in [2.45, 2.75) is 0 Å². The van der Waals surface area contributed by atoms with Crippen LogP contribution in [0.5, 0.6) is 23.0 Å². The maximum Gasteiger partial charge on any atom is 0.208 e. The number of phenolic OH excluding ortho intramolecular Hbond substituents is 1. The molecule has 2 aromatic carbocycles. The fourth-order valence-electron chi connectivity index (χ4n) is 2.51.